The van der Waals surface area contributed by atoms with Crippen molar-refractivity contribution in [1.29, 1.82) is 0 Å². The Balaban J connectivity index is 1.27. The third kappa shape index (κ3) is 7.70. The maximum Gasteiger partial charge on any atom is 0.243 e. The molecule has 0 radical (unpaired) electrons. The molecule has 4 atom stereocenters. The maximum atomic E-state index is 14.2. The van der Waals surface area contributed by atoms with E-state index in [1.807, 2.05) is 90.4 Å². The first kappa shape index (κ1) is 32.0. The predicted octanol–water partition coefficient (Wildman–Crippen LogP) is 2.96. The quantitative estimate of drug-likeness (QED) is 0.116. The lowest BCUT2D eigenvalue weighted by molar-refractivity contribution is -0.134. The molecule has 10 nitrogen and oxygen atoms in total. The van der Waals surface area contributed by atoms with E-state index in [9.17, 15) is 19.2 Å². The van der Waals surface area contributed by atoms with Gasteiger partial charge in [0.25, 0.3) is 0 Å². The number of hydrogen-bond acceptors (Lipinski definition) is 6. The fourth-order valence-corrected chi connectivity index (χ4v) is 7.11. The van der Waals surface area contributed by atoms with E-state index in [4.69, 9.17) is 5.73 Å². The lowest BCUT2D eigenvalue weighted by Gasteiger charge is -2.25. The average Bonchev–Trinajstić information content (AvgIpc) is 3.85. The average molecular weight is 651 g/mol. The van der Waals surface area contributed by atoms with Crippen molar-refractivity contribution in [3.05, 3.63) is 107 Å². The van der Waals surface area contributed by atoms with E-state index in [0.29, 0.717) is 13.0 Å². The summed E-state index contributed by atoms with van der Waals surface area (Å²) in [6.07, 6.45) is 3.10. The number of para-hydroxylation sites is 1. The van der Waals surface area contributed by atoms with Gasteiger partial charge in [-0.2, -0.15) is 0 Å². The number of benzene rings is 3. The molecular formula is C36H38N6O4S. The predicted molar refractivity (Wildman–Crippen MR) is 184 cm³/mol. The number of carbonyl (C=O) groups excluding carboxylic acids is 4. The van der Waals surface area contributed by atoms with Crippen LogP contribution in [0.5, 0.6) is 0 Å². The molecule has 3 heterocycles. The Hall–Kier alpha value is -5.00. The number of fused-ring (bicyclic) bond motifs is 2. The van der Waals surface area contributed by atoms with Gasteiger partial charge in [-0.1, -0.05) is 66.7 Å². The molecule has 1 saturated heterocycles. The van der Waals surface area contributed by atoms with E-state index >= 15 is 0 Å². The van der Waals surface area contributed by atoms with Gasteiger partial charge in [-0.3, -0.25) is 19.2 Å². The molecule has 3 aromatic carbocycles. The number of nitrogens with one attached hydrogen (secondary N) is 5. The Labute approximate surface area is 276 Å². The molecule has 6 rings (SSSR count). The van der Waals surface area contributed by atoms with Crippen LogP contribution in [0.1, 0.15) is 23.1 Å². The number of carbonyl (C=O) groups is 4. The minimum Gasteiger partial charge on any atom is -0.368 e. The van der Waals surface area contributed by atoms with Crippen LogP contribution in [0.4, 0.5) is 0 Å². The highest BCUT2D eigenvalue weighted by molar-refractivity contribution is 7.17. The number of hydrogen-bond donors (Lipinski definition) is 6. The largest absolute Gasteiger partial charge is 0.368 e. The highest BCUT2D eigenvalue weighted by Gasteiger charge is 2.32. The smallest absolute Gasteiger partial charge is 0.243 e. The highest BCUT2D eigenvalue weighted by atomic mass is 32.1. The normalized spacial score (nSPS) is 16.4. The molecule has 4 amide bonds. The van der Waals surface area contributed by atoms with Crippen molar-refractivity contribution in [2.45, 2.75) is 43.8 Å². The van der Waals surface area contributed by atoms with E-state index in [-0.39, 0.29) is 31.1 Å². The summed E-state index contributed by atoms with van der Waals surface area (Å²) >= 11 is 1.58. The fraction of sp³-hybridized carbons (Fsp3) is 0.278. The second-order valence-corrected chi connectivity index (χ2v) is 12.9. The summed E-state index contributed by atoms with van der Waals surface area (Å²) in [7, 11) is 0. The second kappa shape index (κ2) is 14.6. The van der Waals surface area contributed by atoms with E-state index in [2.05, 4.69) is 26.3 Å². The summed E-state index contributed by atoms with van der Waals surface area (Å²) < 4.78 is 1.08. The van der Waals surface area contributed by atoms with Crippen molar-refractivity contribution in [3.63, 3.8) is 0 Å². The van der Waals surface area contributed by atoms with Gasteiger partial charge in [-0.05, 0) is 52.6 Å². The SMILES string of the molecule is NC(=O)[C@H](Cc1ccccc1)NC(=O)[C@@H](Cc1c[nH]c2ccccc12)NC(=O)[C@@H](Cc1csc2ccccc12)NC(=O)[C@H]1CCNC1. The zero-order valence-electron chi connectivity index (χ0n) is 25.8. The Morgan fingerprint density at radius 3 is 2.17 bits per heavy atom. The van der Waals surface area contributed by atoms with Crippen molar-refractivity contribution < 1.29 is 19.2 Å². The lowest BCUT2D eigenvalue weighted by Crippen LogP contribution is -2.58. The molecule has 0 spiro atoms. The van der Waals surface area contributed by atoms with Crippen LogP contribution in [-0.4, -0.2) is 59.8 Å². The van der Waals surface area contributed by atoms with Gasteiger partial charge in [0.2, 0.25) is 23.6 Å². The van der Waals surface area contributed by atoms with Crippen LogP contribution in [0.2, 0.25) is 0 Å². The summed E-state index contributed by atoms with van der Waals surface area (Å²) in [5.41, 5.74) is 9.22. The molecule has 242 valence electrons. The third-order valence-electron chi connectivity index (χ3n) is 8.72. The summed E-state index contributed by atoms with van der Waals surface area (Å²) in [5, 5.41) is 15.9. The van der Waals surface area contributed by atoms with Gasteiger partial charge in [0.1, 0.15) is 18.1 Å². The number of rotatable bonds is 13. The lowest BCUT2D eigenvalue weighted by atomic mass is 10.00. The molecule has 0 unspecified atom stereocenters. The number of nitrogens with two attached hydrogens (primary N) is 1. The molecule has 0 saturated carbocycles. The molecule has 1 fully saturated rings. The van der Waals surface area contributed by atoms with Crippen molar-refractivity contribution in [1.82, 2.24) is 26.3 Å². The van der Waals surface area contributed by atoms with Gasteiger partial charge in [0, 0.05) is 47.6 Å². The molecule has 0 bridgehead atoms. The van der Waals surface area contributed by atoms with Crippen LogP contribution < -0.4 is 27.0 Å². The van der Waals surface area contributed by atoms with Crippen LogP contribution >= 0.6 is 11.3 Å². The Bertz CT molecular complexity index is 1880. The van der Waals surface area contributed by atoms with Crippen LogP contribution in [-0.2, 0) is 38.4 Å². The second-order valence-electron chi connectivity index (χ2n) is 12.0. The summed E-state index contributed by atoms with van der Waals surface area (Å²) in [6.45, 7) is 1.28. The molecule has 2 aromatic heterocycles. The first-order valence-electron chi connectivity index (χ1n) is 15.8. The Kier molecular flexibility index (Phi) is 9.94. The Morgan fingerprint density at radius 2 is 1.43 bits per heavy atom. The van der Waals surface area contributed by atoms with Gasteiger partial charge in [0.15, 0.2) is 0 Å². The standard InChI is InChI=1S/C36H38N6O4S/c37-33(43)29(16-22-8-2-1-3-9-22)40-35(45)30(17-24-20-39-28-12-6-4-10-26(24)28)42-36(46)31(41-34(44)23-14-15-38-19-23)18-25-21-47-32-13-7-5-11-27(25)32/h1-13,20-21,23,29-31,38-39H,14-19H2,(H2,37,43)(H,40,45)(H,41,44)(H,42,46)/t23-,29-,30+,31+/m0/s1. The number of aromatic nitrogens is 1. The fourth-order valence-electron chi connectivity index (χ4n) is 6.13. The van der Waals surface area contributed by atoms with Gasteiger partial charge in [0.05, 0.1) is 5.92 Å². The topological polar surface area (TPSA) is 158 Å². The monoisotopic (exact) mass is 650 g/mol. The number of thiophene rings is 1. The van der Waals surface area contributed by atoms with Gasteiger partial charge in [-0.25, -0.2) is 0 Å². The summed E-state index contributed by atoms with van der Waals surface area (Å²) in [5.74, 6) is -2.17. The molecule has 7 N–H and O–H groups in total. The zero-order valence-corrected chi connectivity index (χ0v) is 26.6. The van der Waals surface area contributed by atoms with Crippen molar-refractivity contribution in [2.24, 2.45) is 11.7 Å². The van der Waals surface area contributed by atoms with Crippen LogP contribution in [0, 0.1) is 5.92 Å². The van der Waals surface area contributed by atoms with E-state index in [1.54, 1.807) is 11.3 Å². The highest BCUT2D eigenvalue weighted by Crippen LogP contribution is 2.27. The third-order valence-corrected chi connectivity index (χ3v) is 9.74. The maximum absolute atomic E-state index is 14.2. The summed E-state index contributed by atoms with van der Waals surface area (Å²) in [6, 6.07) is 21.9. The first-order valence-corrected chi connectivity index (χ1v) is 16.7. The van der Waals surface area contributed by atoms with E-state index in [1.165, 1.54) is 0 Å². The Morgan fingerprint density at radius 1 is 0.766 bits per heavy atom. The number of aromatic amines is 1. The number of H-pyrrole nitrogens is 1. The molecule has 1 aliphatic rings. The molecule has 11 heteroatoms. The van der Waals surface area contributed by atoms with Gasteiger partial charge >= 0.3 is 0 Å². The van der Waals surface area contributed by atoms with Gasteiger partial charge < -0.3 is 32.0 Å². The van der Waals surface area contributed by atoms with E-state index < -0.39 is 35.8 Å². The summed E-state index contributed by atoms with van der Waals surface area (Å²) in [4.78, 5) is 57.1. The van der Waals surface area contributed by atoms with Crippen LogP contribution in [0.3, 0.4) is 0 Å². The molecule has 5 aromatic rings. The molecule has 47 heavy (non-hydrogen) atoms. The molecule has 0 aliphatic carbocycles. The van der Waals surface area contributed by atoms with Crippen LogP contribution in [0.25, 0.3) is 21.0 Å². The first-order chi connectivity index (χ1) is 22.9. The number of amides is 4. The van der Waals surface area contributed by atoms with Crippen molar-refractivity contribution in [2.75, 3.05) is 13.1 Å². The minimum absolute atomic E-state index is 0.146. The van der Waals surface area contributed by atoms with Crippen molar-refractivity contribution in [3.8, 4) is 0 Å². The molecular weight excluding hydrogens is 613 g/mol. The van der Waals surface area contributed by atoms with Crippen LogP contribution in [0.15, 0.2) is 90.4 Å². The molecule has 1 aliphatic heterocycles. The van der Waals surface area contributed by atoms with E-state index in [0.717, 1.165) is 44.2 Å². The zero-order chi connectivity index (χ0) is 32.8. The minimum atomic E-state index is -1.06. The van der Waals surface area contributed by atoms with Gasteiger partial charge in [-0.15, -0.1) is 11.3 Å². The number of primary amides is 1. The van der Waals surface area contributed by atoms with Crippen molar-refractivity contribution >= 4 is 56.0 Å².